The fourth-order valence-electron chi connectivity index (χ4n) is 1.60. The van der Waals surface area contributed by atoms with Gasteiger partial charge in [0.15, 0.2) is 0 Å². The van der Waals surface area contributed by atoms with Gasteiger partial charge in [0.1, 0.15) is 22.4 Å². The minimum Gasteiger partial charge on any atom is -0.510 e. The Hall–Kier alpha value is -2.43. The molecule has 1 aromatic heterocycles. The maximum atomic E-state index is 10.8. The molecular weight excluding hydrogens is 314 g/mol. The number of nitrogens with zero attached hydrogens (tertiary/aromatic N) is 3. The van der Waals surface area contributed by atoms with Crippen LogP contribution in [0.1, 0.15) is 5.01 Å². The summed E-state index contributed by atoms with van der Waals surface area (Å²) in [5.41, 5.74) is 1.02. The number of hydrogen-bond acceptors (Lipinski definition) is 6. The average molecular weight is 322 g/mol. The van der Waals surface area contributed by atoms with Gasteiger partial charge >= 0.3 is 0 Å². The predicted octanol–water partition coefficient (Wildman–Crippen LogP) is 3.75. The molecule has 0 unspecified atom stereocenters. The molecule has 1 N–H and O–H groups in total. The second-order valence-corrected chi connectivity index (χ2v) is 5.04. The molecule has 106 valence electrons. The van der Waals surface area contributed by atoms with Gasteiger partial charge in [0.05, 0.1) is 16.5 Å². The molecule has 6 nitrogen and oxygen atoms in total. The Balaban J connectivity index is 2.43. The number of halogens is 1. The number of thiazole rings is 1. The fourth-order valence-corrected chi connectivity index (χ4v) is 2.58. The Bertz CT molecular complexity index is 764. The number of hydrogen-bond donors (Lipinski definition) is 1. The minimum atomic E-state index is -0.489. The van der Waals surface area contributed by atoms with E-state index in [1.807, 2.05) is 6.07 Å². The highest BCUT2D eigenvalue weighted by Gasteiger charge is 2.14. The SMILES string of the molecule is N#C/C(=C(/O)CCl)c1nc(-c2cccc([N+](=O)[O-])c2)cs1. The zero-order valence-corrected chi connectivity index (χ0v) is 12.1. The number of aliphatic hydroxyl groups is 1. The van der Waals surface area contributed by atoms with Crippen molar-refractivity contribution in [3.63, 3.8) is 0 Å². The van der Waals surface area contributed by atoms with E-state index in [0.717, 1.165) is 11.3 Å². The van der Waals surface area contributed by atoms with E-state index in [1.54, 1.807) is 17.5 Å². The Labute approximate surface area is 128 Å². The molecule has 2 rings (SSSR count). The van der Waals surface area contributed by atoms with Crippen molar-refractivity contribution in [3.8, 4) is 17.3 Å². The van der Waals surface area contributed by atoms with Gasteiger partial charge in [-0.05, 0) is 0 Å². The lowest BCUT2D eigenvalue weighted by Gasteiger charge is -1.98. The zero-order valence-electron chi connectivity index (χ0n) is 10.5. The van der Waals surface area contributed by atoms with Crippen molar-refractivity contribution in [2.45, 2.75) is 0 Å². The summed E-state index contributed by atoms with van der Waals surface area (Å²) in [5, 5.41) is 31.3. The van der Waals surface area contributed by atoms with Gasteiger partial charge in [0.25, 0.3) is 5.69 Å². The Morgan fingerprint density at radius 2 is 2.33 bits per heavy atom. The highest BCUT2D eigenvalue weighted by molar-refractivity contribution is 7.11. The number of benzene rings is 1. The van der Waals surface area contributed by atoms with Gasteiger partial charge in [-0.1, -0.05) is 12.1 Å². The third-order valence-corrected chi connectivity index (χ3v) is 3.71. The zero-order chi connectivity index (χ0) is 15.4. The number of non-ortho nitro benzene ring substituents is 1. The lowest BCUT2D eigenvalue weighted by atomic mass is 10.1. The monoisotopic (exact) mass is 321 g/mol. The van der Waals surface area contributed by atoms with Crippen LogP contribution in [0.5, 0.6) is 0 Å². The molecule has 0 radical (unpaired) electrons. The molecule has 0 amide bonds. The van der Waals surface area contributed by atoms with Crippen LogP contribution in [0.15, 0.2) is 35.4 Å². The van der Waals surface area contributed by atoms with E-state index in [4.69, 9.17) is 16.9 Å². The van der Waals surface area contributed by atoms with Gasteiger partial charge in [-0.15, -0.1) is 22.9 Å². The molecule has 2 aromatic rings. The number of rotatable bonds is 4. The number of nitro groups is 1. The Morgan fingerprint density at radius 3 is 2.95 bits per heavy atom. The van der Waals surface area contributed by atoms with Crippen LogP contribution in [0.2, 0.25) is 0 Å². The van der Waals surface area contributed by atoms with Crippen LogP contribution in [-0.2, 0) is 0 Å². The van der Waals surface area contributed by atoms with Crippen molar-refractivity contribution in [2.24, 2.45) is 0 Å². The van der Waals surface area contributed by atoms with Crippen molar-refractivity contribution < 1.29 is 10.0 Å². The highest BCUT2D eigenvalue weighted by Crippen LogP contribution is 2.29. The van der Waals surface area contributed by atoms with Gasteiger partial charge in [-0.25, -0.2) is 4.98 Å². The molecule has 8 heteroatoms. The first-order chi connectivity index (χ1) is 10.1. The van der Waals surface area contributed by atoms with E-state index in [2.05, 4.69) is 4.98 Å². The van der Waals surface area contributed by atoms with E-state index >= 15 is 0 Å². The van der Waals surface area contributed by atoms with Crippen molar-refractivity contribution >= 4 is 34.2 Å². The highest BCUT2D eigenvalue weighted by atomic mass is 35.5. The first-order valence-electron chi connectivity index (χ1n) is 5.65. The van der Waals surface area contributed by atoms with E-state index in [1.165, 1.54) is 12.1 Å². The maximum absolute atomic E-state index is 10.8. The molecule has 0 bridgehead atoms. The third kappa shape index (κ3) is 3.18. The molecule has 21 heavy (non-hydrogen) atoms. The van der Waals surface area contributed by atoms with Crippen LogP contribution in [0, 0.1) is 21.4 Å². The van der Waals surface area contributed by atoms with Gasteiger partial charge in [0, 0.05) is 23.1 Å². The lowest BCUT2D eigenvalue weighted by molar-refractivity contribution is -0.384. The summed E-state index contributed by atoms with van der Waals surface area (Å²) in [6.07, 6.45) is 0. The van der Waals surface area contributed by atoms with Crippen LogP contribution in [-0.4, -0.2) is 20.9 Å². The summed E-state index contributed by atoms with van der Waals surface area (Å²) >= 11 is 6.65. The minimum absolute atomic E-state index is 0.00619. The summed E-state index contributed by atoms with van der Waals surface area (Å²) in [6.45, 7) is 0. The summed E-state index contributed by atoms with van der Waals surface area (Å²) in [5.74, 6) is -0.437. The predicted molar refractivity (Wildman–Crippen MR) is 80.1 cm³/mol. The van der Waals surface area contributed by atoms with Gasteiger partial charge < -0.3 is 5.11 Å². The smallest absolute Gasteiger partial charge is 0.270 e. The molecule has 0 aliphatic carbocycles. The molecule has 0 saturated heterocycles. The van der Waals surface area contributed by atoms with Crippen LogP contribution >= 0.6 is 22.9 Å². The molecule has 0 fully saturated rings. The van der Waals surface area contributed by atoms with Crippen LogP contribution in [0.25, 0.3) is 16.8 Å². The molecule has 0 spiro atoms. The van der Waals surface area contributed by atoms with Crippen LogP contribution in [0.3, 0.4) is 0 Å². The van der Waals surface area contributed by atoms with Crippen molar-refractivity contribution in [3.05, 3.63) is 50.5 Å². The summed E-state index contributed by atoms with van der Waals surface area (Å²) in [6, 6.07) is 7.88. The number of aliphatic hydroxyl groups excluding tert-OH is 1. The second-order valence-electron chi connectivity index (χ2n) is 3.91. The first-order valence-corrected chi connectivity index (χ1v) is 7.07. The molecular formula is C13H8ClN3O3S. The first kappa shape index (κ1) is 15.0. The number of alkyl halides is 1. The molecule has 1 aromatic carbocycles. The van der Waals surface area contributed by atoms with Crippen molar-refractivity contribution in [2.75, 3.05) is 5.88 Å². The maximum Gasteiger partial charge on any atom is 0.270 e. The Kier molecular flexibility index (Phi) is 4.52. The average Bonchev–Trinajstić information content (AvgIpc) is 2.97. The van der Waals surface area contributed by atoms with Gasteiger partial charge in [0.2, 0.25) is 0 Å². The van der Waals surface area contributed by atoms with E-state index in [0.29, 0.717) is 16.3 Å². The standard InChI is InChI=1S/C13H8ClN3O3S/c14-5-12(18)10(6-15)13-16-11(7-21-13)8-2-1-3-9(4-8)17(19)20/h1-4,7,18H,5H2/b12-10-. The summed E-state index contributed by atoms with van der Waals surface area (Å²) < 4.78 is 0. The van der Waals surface area contributed by atoms with E-state index < -0.39 is 4.92 Å². The van der Waals surface area contributed by atoms with E-state index in [9.17, 15) is 15.2 Å². The number of allylic oxidation sites excluding steroid dienone is 2. The van der Waals surface area contributed by atoms with Gasteiger partial charge in [-0.2, -0.15) is 5.26 Å². The normalized spacial score (nSPS) is 11.6. The Morgan fingerprint density at radius 1 is 1.57 bits per heavy atom. The van der Waals surface area contributed by atoms with Crippen molar-refractivity contribution in [1.82, 2.24) is 4.98 Å². The molecule has 0 aliphatic heterocycles. The van der Waals surface area contributed by atoms with Crippen LogP contribution < -0.4 is 0 Å². The molecule has 1 heterocycles. The lowest BCUT2D eigenvalue weighted by Crippen LogP contribution is -1.91. The third-order valence-electron chi connectivity index (χ3n) is 2.60. The fraction of sp³-hybridized carbons (Fsp3) is 0.0769. The number of aromatic nitrogens is 1. The molecule has 0 aliphatic rings. The quantitative estimate of drug-likeness (QED) is 0.304. The van der Waals surface area contributed by atoms with Crippen LogP contribution in [0.4, 0.5) is 5.69 Å². The molecule has 0 saturated carbocycles. The van der Waals surface area contributed by atoms with Crippen molar-refractivity contribution in [1.29, 1.82) is 5.26 Å². The largest absolute Gasteiger partial charge is 0.510 e. The number of nitriles is 1. The van der Waals surface area contributed by atoms with Gasteiger partial charge in [-0.3, -0.25) is 10.1 Å². The number of nitro benzene ring substituents is 1. The summed E-state index contributed by atoms with van der Waals surface area (Å²) in [4.78, 5) is 14.5. The topological polar surface area (TPSA) is 100 Å². The van der Waals surface area contributed by atoms with E-state index in [-0.39, 0.29) is 22.9 Å². The second kappa shape index (κ2) is 6.35. The summed E-state index contributed by atoms with van der Waals surface area (Å²) in [7, 11) is 0. The molecule has 0 atom stereocenters.